The summed E-state index contributed by atoms with van der Waals surface area (Å²) in [5.74, 6) is 0.815. The first-order chi connectivity index (χ1) is 10.7. The molecule has 138 valence electrons. The SMILES string of the molecule is C=C([CH](C(C)C)[Sn]([CH2]CCC)([CH2]CCC)[CH2]CCC)[Si](C)(C)C. The molecule has 1 atom stereocenters. The number of rotatable bonds is 13. The number of unbranched alkanes of at least 4 members (excludes halogenated alkanes) is 3. The Labute approximate surface area is 153 Å². The molecule has 0 aromatic carbocycles. The van der Waals surface area contributed by atoms with Crippen molar-refractivity contribution in [3.63, 3.8) is 0 Å². The molecule has 0 aromatic rings. The molecule has 0 amide bonds. The van der Waals surface area contributed by atoms with E-state index in [1.54, 1.807) is 18.5 Å². The molecule has 0 bridgehead atoms. The topological polar surface area (TPSA) is 0 Å². The van der Waals surface area contributed by atoms with Crippen LogP contribution in [0.3, 0.4) is 0 Å². The Bertz CT molecular complexity index is 305. The Morgan fingerprint density at radius 2 is 1.17 bits per heavy atom. The van der Waals surface area contributed by atoms with Gasteiger partial charge in [-0.1, -0.05) is 0 Å². The van der Waals surface area contributed by atoms with Crippen molar-refractivity contribution in [2.75, 3.05) is 0 Å². The predicted molar refractivity (Wildman–Crippen MR) is 116 cm³/mol. The van der Waals surface area contributed by atoms with Crippen LogP contribution in [0.1, 0.15) is 73.1 Å². The first-order valence-electron chi connectivity index (χ1n) is 10.4. The van der Waals surface area contributed by atoms with E-state index in [9.17, 15) is 0 Å². The normalized spacial score (nSPS) is 14.3. The van der Waals surface area contributed by atoms with Gasteiger partial charge >= 0.3 is 154 Å². The third-order valence-corrected chi connectivity index (χ3v) is 27.0. The van der Waals surface area contributed by atoms with Crippen LogP contribution in [0.2, 0.25) is 36.9 Å². The molecule has 0 aliphatic carbocycles. The molecule has 0 saturated heterocycles. The summed E-state index contributed by atoms with van der Waals surface area (Å²) in [5.41, 5.74) is 0. The zero-order valence-electron chi connectivity index (χ0n) is 17.7. The first-order valence-corrected chi connectivity index (χ1v) is 21.6. The molecule has 0 fully saturated rings. The molecule has 0 heterocycles. The fraction of sp³-hybridized carbons (Fsp3) is 0.905. The van der Waals surface area contributed by atoms with Crippen LogP contribution in [-0.2, 0) is 0 Å². The monoisotopic (exact) mass is 446 g/mol. The van der Waals surface area contributed by atoms with Gasteiger partial charge in [0, 0.05) is 0 Å². The fourth-order valence-corrected chi connectivity index (χ4v) is 31.4. The number of allylic oxidation sites excluding steroid dienone is 1. The summed E-state index contributed by atoms with van der Waals surface area (Å²) in [6.45, 7) is 24.5. The minimum atomic E-state index is -2.21. The summed E-state index contributed by atoms with van der Waals surface area (Å²) in [6.07, 6.45) is 8.56. The Balaban J connectivity index is 5.78. The quantitative estimate of drug-likeness (QED) is 0.250. The molecular weight excluding hydrogens is 399 g/mol. The van der Waals surface area contributed by atoms with Crippen LogP contribution in [-0.4, -0.2) is 26.5 Å². The number of hydrogen-bond acceptors (Lipinski definition) is 0. The van der Waals surface area contributed by atoms with Gasteiger partial charge in [-0.05, 0) is 0 Å². The van der Waals surface area contributed by atoms with Gasteiger partial charge in [0.05, 0.1) is 0 Å². The summed E-state index contributed by atoms with van der Waals surface area (Å²) < 4.78 is 5.80. The van der Waals surface area contributed by atoms with E-state index in [0.29, 0.717) is 0 Å². The van der Waals surface area contributed by atoms with Gasteiger partial charge < -0.3 is 0 Å². The third kappa shape index (κ3) is 7.67. The molecule has 23 heavy (non-hydrogen) atoms. The van der Waals surface area contributed by atoms with Gasteiger partial charge in [0.25, 0.3) is 0 Å². The minimum absolute atomic E-state index is 0.815. The van der Waals surface area contributed by atoms with Crippen LogP contribution in [0, 0.1) is 5.92 Å². The van der Waals surface area contributed by atoms with Gasteiger partial charge in [-0.15, -0.1) is 0 Å². The van der Waals surface area contributed by atoms with Crippen molar-refractivity contribution in [2.45, 2.75) is 110 Å². The Kier molecular flexibility index (Phi) is 11.8. The Morgan fingerprint density at radius 1 is 0.826 bits per heavy atom. The zero-order valence-corrected chi connectivity index (χ0v) is 21.6. The van der Waals surface area contributed by atoms with E-state index in [4.69, 9.17) is 6.58 Å². The van der Waals surface area contributed by atoms with Crippen LogP contribution in [0.15, 0.2) is 11.8 Å². The van der Waals surface area contributed by atoms with Gasteiger partial charge in [0.1, 0.15) is 0 Å². The van der Waals surface area contributed by atoms with Crippen LogP contribution in [0.4, 0.5) is 0 Å². The van der Waals surface area contributed by atoms with E-state index in [-0.39, 0.29) is 0 Å². The van der Waals surface area contributed by atoms with E-state index in [1.165, 1.54) is 38.5 Å². The van der Waals surface area contributed by atoms with Crippen molar-refractivity contribution in [1.82, 2.24) is 0 Å². The molecule has 0 spiro atoms. The molecule has 0 aliphatic heterocycles. The summed E-state index contributed by atoms with van der Waals surface area (Å²) in [4.78, 5) is 0. The average molecular weight is 445 g/mol. The Hall–Kier alpha value is 0.756. The second-order valence-corrected chi connectivity index (χ2v) is 28.1. The third-order valence-electron chi connectivity index (χ3n) is 5.75. The van der Waals surface area contributed by atoms with E-state index >= 15 is 0 Å². The molecule has 1 unspecified atom stereocenters. The van der Waals surface area contributed by atoms with Crippen molar-refractivity contribution >= 4 is 26.5 Å². The standard InChI is InChI=1S/C9H19Si.3C4H9.Sn/c1-8(2)7-9(3)10(4,5)6;3*1-3-4-2;/h7-8H,3H2,1-2,4-6H3;3*1,3-4H2,2H3;. The summed E-state index contributed by atoms with van der Waals surface area (Å²) >= 11 is -2.21. The van der Waals surface area contributed by atoms with Crippen LogP contribution < -0.4 is 0 Å². The molecule has 0 aliphatic rings. The van der Waals surface area contributed by atoms with Crippen molar-refractivity contribution in [3.8, 4) is 0 Å². The van der Waals surface area contributed by atoms with Gasteiger partial charge in [0.15, 0.2) is 0 Å². The van der Waals surface area contributed by atoms with Gasteiger partial charge in [-0.3, -0.25) is 0 Å². The zero-order chi connectivity index (χ0) is 18.1. The van der Waals surface area contributed by atoms with E-state index < -0.39 is 26.5 Å². The average Bonchev–Trinajstić information content (AvgIpc) is 2.47. The van der Waals surface area contributed by atoms with Gasteiger partial charge in [-0.25, -0.2) is 0 Å². The molecule has 0 rings (SSSR count). The van der Waals surface area contributed by atoms with Gasteiger partial charge in [0.2, 0.25) is 0 Å². The first kappa shape index (κ1) is 23.8. The maximum atomic E-state index is 4.75. The van der Waals surface area contributed by atoms with E-state index in [0.717, 1.165) is 9.85 Å². The molecule has 0 aromatic heterocycles. The molecule has 0 saturated carbocycles. The molecular formula is C21H46SiSn. The van der Waals surface area contributed by atoms with Crippen molar-refractivity contribution in [3.05, 3.63) is 11.8 Å². The number of hydrogen-bond donors (Lipinski definition) is 0. The Morgan fingerprint density at radius 3 is 1.39 bits per heavy atom. The molecule has 2 heteroatoms. The van der Waals surface area contributed by atoms with Crippen LogP contribution in [0.25, 0.3) is 0 Å². The molecule has 0 nitrogen and oxygen atoms in total. The van der Waals surface area contributed by atoms with Gasteiger partial charge in [-0.2, -0.15) is 0 Å². The predicted octanol–water partition coefficient (Wildman–Crippen LogP) is 8.30. The summed E-state index contributed by atoms with van der Waals surface area (Å²) in [5, 5.41) is 1.73. The maximum absolute atomic E-state index is 4.75. The fourth-order valence-electron chi connectivity index (χ4n) is 4.37. The van der Waals surface area contributed by atoms with Crippen molar-refractivity contribution < 1.29 is 0 Å². The van der Waals surface area contributed by atoms with Crippen molar-refractivity contribution in [1.29, 1.82) is 0 Å². The second kappa shape index (κ2) is 11.4. The molecule has 0 N–H and O–H groups in total. The van der Waals surface area contributed by atoms with Crippen LogP contribution in [0.5, 0.6) is 0 Å². The van der Waals surface area contributed by atoms with E-state index in [1.807, 2.05) is 0 Å². The molecule has 0 radical (unpaired) electrons. The van der Waals surface area contributed by atoms with E-state index in [2.05, 4.69) is 54.3 Å². The second-order valence-electron chi connectivity index (χ2n) is 9.17. The van der Waals surface area contributed by atoms with Crippen molar-refractivity contribution in [2.24, 2.45) is 5.92 Å². The summed E-state index contributed by atoms with van der Waals surface area (Å²) in [6, 6.07) is 0. The summed E-state index contributed by atoms with van der Waals surface area (Å²) in [7, 11) is -1.26. The van der Waals surface area contributed by atoms with Crippen LogP contribution >= 0.6 is 0 Å².